The predicted octanol–water partition coefficient (Wildman–Crippen LogP) is 1.71. The molecule has 0 amide bonds. The topological polar surface area (TPSA) is 60.2 Å². The summed E-state index contributed by atoms with van der Waals surface area (Å²) in [6.07, 6.45) is 0. The van der Waals surface area contributed by atoms with Gasteiger partial charge in [-0.25, -0.2) is 0 Å². The fraction of sp³-hybridized carbons (Fsp3) is 0.385. The van der Waals surface area contributed by atoms with E-state index in [9.17, 15) is 0 Å². The van der Waals surface area contributed by atoms with E-state index in [1.807, 2.05) is 31.2 Å². The summed E-state index contributed by atoms with van der Waals surface area (Å²) in [4.78, 5) is 4.42. The summed E-state index contributed by atoms with van der Waals surface area (Å²) >= 11 is 0. The molecule has 1 unspecified atom stereocenters. The van der Waals surface area contributed by atoms with Crippen molar-refractivity contribution in [3.8, 4) is 11.5 Å². The van der Waals surface area contributed by atoms with Crippen LogP contribution in [0.15, 0.2) is 28.8 Å². The van der Waals surface area contributed by atoms with E-state index in [-0.39, 0.29) is 6.04 Å². The molecule has 3 rings (SSSR count). The van der Waals surface area contributed by atoms with Crippen LogP contribution >= 0.6 is 0 Å². The molecule has 1 saturated heterocycles. The van der Waals surface area contributed by atoms with Gasteiger partial charge in [-0.3, -0.25) is 0 Å². The molecule has 1 aromatic carbocycles. The van der Waals surface area contributed by atoms with E-state index in [4.69, 9.17) is 9.26 Å². The number of hydrogen-bond donors (Lipinski definition) is 1. The second kappa shape index (κ2) is 4.88. The van der Waals surface area contributed by atoms with E-state index in [2.05, 4.69) is 15.5 Å². The summed E-state index contributed by atoms with van der Waals surface area (Å²) in [5.74, 6) is 1.22. The van der Waals surface area contributed by atoms with Gasteiger partial charge in [0.05, 0.1) is 19.3 Å². The van der Waals surface area contributed by atoms with Crippen LogP contribution in [0.4, 0.5) is 0 Å². The number of morpholine rings is 1. The third-order valence-corrected chi connectivity index (χ3v) is 2.94. The molecule has 0 saturated carbocycles. The van der Waals surface area contributed by atoms with Gasteiger partial charge in [0.25, 0.3) is 5.89 Å². The van der Waals surface area contributed by atoms with Gasteiger partial charge in [0.2, 0.25) is 0 Å². The summed E-state index contributed by atoms with van der Waals surface area (Å²) in [5.41, 5.74) is 2.12. The Morgan fingerprint density at radius 1 is 1.39 bits per heavy atom. The van der Waals surface area contributed by atoms with E-state index >= 15 is 0 Å². The maximum absolute atomic E-state index is 5.39. The van der Waals surface area contributed by atoms with Gasteiger partial charge in [-0.1, -0.05) is 22.9 Å². The monoisotopic (exact) mass is 245 g/mol. The highest BCUT2D eigenvalue weighted by Crippen LogP contribution is 2.21. The van der Waals surface area contributed by atoms with Gasteiger partial charge >= 0.3 is 0 Å². The average molecular weight is 245 g/mol. The van der Waals surface area contributed by atoms with E-state index in [0.29, 0.717) is 18.3 Å². The minimum Gasteiger partial charge on any atom is -0.378 e. The van der Waals surface area contributed by atoms with Crippen LogP contribution in [-0.2, 0) is 4.74 Å². The Morgan fingerprint density at radius 2 is 2.33 bits per heavy atom. The van der Waals surface area contributed by atoms with Crippen molar-refractivity contribution in [2.45, 2.75) is 13.0 Å². The number of aryl methyl sites for hydroxylation is 1. The minimum absolute atomic E-state index is 0.0288. The first kappa shape index (κ1) is 11.4. The second-order valence-electron chi connectivity index (χ2n) is 4.41. The molecule has 0 bridgehead atoms. The number of nitrogens with zero attached hydrogens (tertiary/aromatic N) is 2. The molecule has 1 fully saturated rings. The van der Waals surface area contributed by atoms with Gasteiger partial charge in [0.15, 0.2) is 5.82 Å². The number of rotatable bonds is 2. The third kappa shape index (κ3) is 2.27. The van der Waals surface area contributed by atoms with Crippen molar-refractivity contribution in [1.82, 2.24) is 15.5 Å². The molecule has 1 N–H and O–H groups in total. The molecular formula is C13H15N3O2. The zero-order valence-corrected chi connectivity index (χ0v) is 10.2. The molecule has 1 aliphatic rings. The Morgan fingerprint density at radius 3 is 3.11 bits per heavy atom. The lowest BCUT2D eigenvalue weighted by Gasteiger charge is -2.20. The van der Waals surface area contributed by atoms with Crippen molar-refractivity contribution in [1.29, 1.82) is 0 Å². The van der Waals surface area contributed by atoms with E-state index in [1.165, 1.54) is 5.56 Å². The normalized spacial score (nSPS) is 19.9. The number of benzene rings is 1. The van der Waals surface area contributed by atoms with E-state index < -0.39 is 0 Å². The Labute approximate surface area is 105 Å². The van der Waals surface area contributed by atoms with Gasteiger partial charge in [-0.2, -0.15) is 4.98 Å². The fourth-order valence-electron chi connectivity index (χ4n) is 2.00. The number of nitrogens with one attached hydrogen (secondary N) is 1. The van der Waals surface area contributed by atoms with Crippen LogP contribution in [-0.4, -0.2) is 29.9 Å². The van der Waals surface area contributed by atoms with Crippen molar-refractivity contribution < 1.29 is 9.26 Å². The summed E-state index contributed by atoms with van der Waals surface area (Å²) in [5, 5.41) is 7.32. The maximum Gasteiger partial charge on any atom is 0.257 e. The summed E-state index contributed by atoms with van der Waals surface area (Å²) in [6.45, 7) is 4.18. The zero-order valence-electron chi connectivity index (χ0n) is 10.2. The molecule has 18 heavy (non-hydrogen) atoms. The molecule has 1 atom stereocenters. The van der Waals surface area contributed by atoms with Gasteiger partial charge < -0.3 is 14.6 Å². The van der Waals surface area contributed by atoms with Gasteiger partial charge in [0.1, 0.15) is 0 Å². The number of aromatic nitrogens is 2. The highest BCUT2D eigenvalue weighted by Gasteiger charge is 2.21. The first-order chi connectivity index (χ1) is 8.83. The first-order valence-corrected chi connectivity index (χ1v) is 6.05. The molecule has 1 aromatic heterocycles. The highest BCUT2D eigenvalue weighted by atomic mass is 16.5. The van der Waals surface area contributed by atoms with Crippen molar-refractivity contribution in [2.75, 3.05) is 19.8 Å². The fourth-order valence-corrected chi connectivity index (χ4v) is 2.00. The largest absolute Gasteiger partial charge is 0.378 e. The number of ether oxygens (including phenoxy) is 1. The summed E-state index contributed by atoms with van der Waals surface area (Å²) in [7, 11) is 0. The minimum atomic E-state index is 0.0288. The smallest absolute Gasteiger partial charge is 0.257 e. The second-order valence-corrected chi connectivity index (χ2v) is 4.41. The third-order valence-electron chi connectivity index (χ3n) is 2.94. The standard InChI is InChI=1S/C13H15N3O2/c1-9-3-2-4-10(7-9)13-15-12(16-18-13)11-8-17-6-5-14-11/h2-4,7,11,14H,5-6,8H2,1H3. The van der Waals surface area contributed by atoms with Crippen LogP contribution < -0.4 is 5.32 Å². The molecule has 0 spiro atoms. The molecule has 5 heteroatoms. The molecule has 0 radical (unpaired) electrons. The Bertz CT molecular complexity index is 533. The van der Waals surface area contributed by atoms with Gasteiger partial charge in [0, 0.05) is 12.1 Å². The summed E-state index contributed by atoms with van der Waals surface area (Å²) in [6, 6.07) is 8.05. The molecule has 2 aromatic rings. The summed E-state index contributed by atoms with van der Waals surface area (Å²) < 4.78 is 10.7. The first-order valence-electron chi connectivity index (χ1n) is 6.05. The van der Waals surface area contributed by atoms with E-state index in [1.54, 1.807) is 0 Å². The number of hydrogen-bond acceptors (Lipinski definition) is 5. The molecule has 1 aliphatic heterocycles. The Kier molecular flexibility index (Phi) is 3.08. The van der Waals surface area contributed by atoms with Crippen LogP contribution in [0.3, 0.4) is 0 Å². The van der Waals surface area contributed by atoms with Crippen LogP contribution in [0.25, 0.3) is 11.5 Å². The zero-order chi connectivity index (χ0) is 12.4. The molecule has 0 aliphatic carbocycles. The lowest BCUT2D eigenvalue weighted by molar-refractivity contribution is 0.0734. The van der Waals surface area contributed by atoms with Crippen LogP contribution in [0.5, 0.6) is 0 Å². The Balaban J connectivity index is 1.84. The van der Waals surface area contributed by atoms with Gasteiger partial charge in [-0.15, -0.1) is 0 Å². The molecule has 2 heterocycles. The van der Waals surface area contributed by atoms with Gasteiger partial charge in [-0.05, 0) is 19.1 Å². The average Bonchev–Trinajstić information content (AvgIpc) is 2.89. The molecule has 94 valence electrons. The SMILES string of the molecule is Cc1cccc(-c2nc(C3COCCN3)no2)c1. The van der Waals surface area contributed by atoms with Crippen LogP contribution in [0.2, 0.25) is 0 Å². The van der Waals surface area contributed by atoms with Crippen molar-refractivity contribution in [3.63, 3.8) is 0 Å². The highest BCUT2D eigenvalue weighted by molar-refractivity contribution is 5.53. The maximum atomic E-state index is 5.39. The molecular weight excluding hydrogens is 230 g/mol. The quantitative estimate of drug-likeness (QED) is 0.872. The van der Waals surface area contributed by atoms with E-state index in [0.717, 1.165) is 18.7 Å². The van der Waals surface area contributed by atoms with Crippen LogP contribution in [0, 0.1) is 6.92 Å². The van der Waals surface area contributed by atoms with Crippen molar-refractivity contribution >= 4 is 0 Å². The van der Waals surface area contributed by atoms with Crippen molar-refractivity contribution in [2.24, 2.45) is 0 Å². The lowest BCUT2D eigenvalue weighted by Crippen LogP contribution is -2.35. The molecule has 5 nitrogen and oxygen atoms in total. The van der Waals surface area contributed by atoms with Crippen LogP contribution in [0.1, 0.15) is 17.4 Å². The lowest BCUT2D eigenvalue weighted by atomic mass is 10.1. The Hall–Kier alpha value is -1.72. The predicted molar refractivity (Wildman–Crippen MR) is 66.0 cm³/mol. The van der Waals surface area contributed by atoms with Crippen molar-refractivity contribution in [3.05, 3.63) is 35.7 Å².